The van der Waals surface area contributed by atoms with Crippen LogP contribution in [0.1, 0.15) is 25.8 Å². The molecule has 1 aliphatic rings. The second-order valence-electron chi connectivity index (χ2n) is 5.27. The third kappa shape index (κ3) is 2.94. The summed E-state index contributed by atoms with van der Waals surface area (Å²) in [5, 5.41) is 3.44. The molecular weight excluding hydrogens is 228 g/mol. The van der Waals surface area contributed by atoms with Gasteiger partial charge in [-0.3, -0.25) is 0 Å². The summed E-state index contributed by atoms with van der Waals surface area (Å²) in [6, 6.07) is 6.17. The van der Waals surface area contributed by atoms with Crippen LogP contribution in [0.2, 0.25) is 0 Å². The van der Waals surface area contributed by atoms with Gasteiger partial charge in [0.1, 0.15) is 0 Å². The Kier molecular flexibility index (Phi) is 4.09. The SMILES string of the molecule is CC(C)(CNCCCN)c1ccc2c(c1)OCO2. The smallest absolute Gasteiger partial charge is 0.231 e. The van der Waals surface area contributed by atoms with Crippen LogP contribution in [0.5, 0.6) is 11.5 Å². The molecule has 0 bridgehead atoms. The van der Waals surface area contributed by atoms with Crippen LogP contribution < -0.4 is 20.5 Å². The van der Waals surface area contributed by atoms with Crippen LogP contribution in [0.4, 0.5) is 0 Å². The Morgan fingerprint density at radius 1 is 1.28 bits per heavy atom. The van der Waals surface area contributed by atoms with Gasteiger partial charge < -0.3 is 20.5 Å². The van der Waals surface area contributed by atoms with E-state index >= 15 is 0 Å². The molecule has 0 unspecified atom stereocenters. The number of fused-ring (bicyclic) bond motifs is 1. The van der Waals surface area contributed by atoms with Crippen LogP contribution in [0.15, 0.2) is 18.2 Å². The fourth-order valence-corrected chi connectivity index (χ4v) is 2.05. The van der Waals surface area contributed by atoms with Crippen LogP contribution in [0.3, 0.4) is 0 Å². The van der Waals surface area contributed by atoms with E-state index in [-0.39, 0.29) is 5.41 Å². The summed E-state index contributed by atoms with van der Waals surface area (Å²) >= 11 is 0. The van der Waals surface area contributed by atoms with E-state index in [1.54, 1.807) is 0 Å². The van der Waals surface area contributed by atoms with Crippen molar-refractivity contribution in [2.24, 2.45) is 5.73 Å². The van der Waals surface area contributed by atoms with Crippen molar-refractivity contribution in [1.82, 2.24) is 5.32 Å². The van der Waals surface area contributed by atoms with Gasteiger partial charge in [-0.2, -0.15) is 0 Å². The first-order valence-corrected chi connectivity index (χ1v) is 6.44. The lowest BCUT2D eigenvalue weighted by atomic mass is 9.84. The first-order valence-electron chi connectivity index (χ1n) is 6.44. The third-order valence-corrected chi connectivity index (χ3v) is 3.28. The van der Waals surface area contributed by atoms with E-state index in [1.807, 2.05) is 6.07 Å². The van der Waals surface area contributed by atoms with Gasteiger partial charge in [0, 0.05) is 12.0 Å². The summed E-state index contributed by atoms with van der Waals surface area (Å²) in [6.07, 6.45) is 1.01. The first-order chi connectivity index (χ1) is 8.63. The lowest BCUT2D eigenvalue weighted by molar-refractivity contribution is 0.174. The topological polar surface area (TPSA) is 56.5 Å². The molecule has 0 spiro atoms. The highest BCUT2D eigenvalue weighted by Gasteiger charge is 2.23. The van der Waals surface area contributed by atoms with Gasteiger partial charge in [0.15, 0.2) is 11.5 Å². The minimum Gasteiger partial charge on any atom is -0.454 e. The molecule has 1 heterocycles. The lowest BCUT2D eigenvalue weighted by Crippen LogP contribution is -2.34. The van der Waals surface area contributed by atoms with Crippen LogP contribution in [0.25, 0.3) is 0 Å². The molecule has 0 saturated carbocycles. The van der Waals surface area contributed by atoms with E-state index in [1.165, 1.54) is 5.56 Å². The van der Waals surface area contributed by atoms with Crippen molar-refractivity contribution in [2.45, 2.75) is 25.7 Å². The van der Waals surface area contributed by atoms with Gasteiger partial charge in [-0.1, -0.05) is 19.9 Å². The molecule has 3 N–H and O–H groups in total. The van der Waals surface area contributed by atoms with Crippen LogP contribution in [-0.4, -0.2) is 26.4 Å². The van der Waals surface area contributed by atoms with E-state index in [4.69, 9.17) is 15.2 Å². The maximum atomic E-state index is 5.48. The van der Waals surface area contributed by atoms with Crippen molar-refractivity contribution in [3.63, 3.8) is 0 Å². The summed E-state index contributed by atoms with van der Waals surface area (Å²) < 4.78 is 10.7. The van der Waals surface area contributed by atoms with E-state index < -0.39 is 0 Å². The fraction of sp³-hybridized carbons (Fsp3) is 0.571. The molecule has 0 radical (unpaired) electrons. The predicted octanol–water partition coefficient (Wildman–Crippen LogP) is 1.63. The second kappa shape index (κ2) is 5.59. The number of ether oxygens (including phenoxy) is 2. The van der Waals surface area contributed by atoms with Gasteiger partial charge in [-0.15, -0.1) is 0 Å². The van der Waals surface area contributed by atoms with E-state index in [0.717, 1.165) is 37.6 Å². The second-order valence-corrected chi connectivity index (χ2v) is 5.27. The summed E-state index contributed by atoms with van der Waals surface area (Å²) in [5.74, 6) is 1.69. The molecule has 0 amide bonds. The maximum Gasteiger partial charge on any atom is 0.231 e. The van der Waals surface area contributed by atoms with Gasteiger partial charge in [-0.05, 0) is 37.2 Å². The van der Waals surface area contributed by atoms with Crippen molar-refractivity contribution in [3.8, 4) is 11.5 Å². The number of rotatable bonds is 6. The largest absolute Gasteiger partial charge is 0.454 e. The van der Waals surface area contributed by atoms with Gasteiger partial charge >= 0.3 is 0 Å². The Balaban J connectivity index is 2.00. The quantitative estimate of drug-likeness (QED) is 0.753. The zero-order valence-corrected chi connectivity index (χ0v) is 11.2. The average Bonchev–Trinajstić information content (AvgIpc) is 2.82. The van der Waals surface area contributed by atoms with E-state index in [2.05, 4.69) is 31.3 Å². The van der Waals surface area contributed by atoms with Crippen molar-refractivity contribution >= 4 is 0 Å². The molecule has 4 nitrogen and oxygen atoms in total. The average molecular weight is 250 g/mol. The van der Waals surface area contributed by atoms with Crippen molar-refractivity contribution in [1.29, 1.82) is 0 Å². The summed E-state index contributed by atoms with van der Waals surface area (Å²) in [7, 11) is 0. The molecule has 0 aliphatic carbocycles. The van der Waals surface area contributed by atoms with Crippen LogP contribution in [-0.2, 0) is 5.41 Å². The predicted molar refractivity (Wildman–Crippen MR) is 72.1 cm³/mol. The van der Waals surface area contributed by atoms with Crippen molar-refractivity contribution < 1.29 is 9.47 Å². The minimum atomic E-state index is 0.0651. The van der Waals surface area contributed by atoms with E-state index in [0.29, 0.717) is 6.79 Å². The molecule has 100 valence electrons. The molecule has 0 aromatic heterocycles. The zero-order valence-electron chi connectivity index (χ0n) is 11.2. The minimum absolute atomic E-state index is 0.0651. The van der Waals surface area contributed by atoms with Crippen molar-refractivity contribution in [2.75, 3.05) is 26.4 Å². The Morgan fingerprint density at radius 3 is 2.83 bits per heavy atom. The lowest BCUT2D eigenvalue weighted by Gasteiger charge is -2.26. The number of nitrogens with two attached hydrogens (primary N) is 1. The van der Waals surface area contributed by atoms with Gasteiger partial charge in [0.25, 0.3) is 0 Å². The zero-order chi connectivity index (χ0) is 13.0. The molecule has 1 aromatic rings. The number of hydrogen-bond donors (Lipinski definition) is 2. The highest BCUT2D eigenvalue weighted by Crippen LogP contribution is 2.36. The Hall–Kier alpha value is -1.26. The van der Waals surface area contributed by atoms with Gasteiger partial charge in [0.2, 0.25) is 6.79 Å². The van der Waals surface area contributed by atoms with Gasteiger partial charge in [-0.25, -0.2) is 0 Å². The number of benzene rings is 1. The Bertz CT molecular complexity index is 405. The molecule has 2 rings (SSSR count). The molecular formula is C14H22N2O2. The normalized spacial score (nSPS) is 13.9. The standard InChI is InChI=1S/C14H22N2O2/c1-14(2,9-16-7-3-6-15)11-4-5-12-13(8-11)18-10-17-12/h4-5,8,16H,3,6-7,9-10,15H2,1-2H3. The number of hydrogen-bond acceptors (Lipinski definition) is 4. The Labute approximate surface area is 108 Å². The highest BCUT2D eigenvalue weighted by molar-refractivity contribution is 5.46. The molecule has 1 aliphatic heterocycles. The monoisotopic (exact) mass is 250 g/mol. The molecule has 0 fully saturated rings. The Morgan fingerprint density at radius 2 is 2.06 bits per heavy atom. The molecule has 0 atom stereocenters. The molecule has 4 heteroatoms. The molecule has 0 saturated heterocycles. The highest BCUT2D eigenvalue weighted by atomic mass is 16.7. The molecule has 1 aromatic carbocycles. The summed E-state index contributed by atoms with van der Waals surface area (Å²) in [4.78, 5) is 0. The summed E-state index contributed by atoms with van der Waals surface area (Å²) in [5.41, 5.74) is 6.80. The summed E-state index contributed by atoms with van der Waals surface area (Å²) in [6.45, 7) is 7.39. The third-order valence-electron chi connectivity index (χ3n) is 3.28. The fourth-order valence-electron chi connectivity index (χ4n) is 2.05. The molecule has 18 heavy (non-hydrogen) atoms. The number of nitrogens with one attached hydrogen (secondary N) is 1. The van der Waals surface area contributed by atoms with Crippen LogP contribution in [0, 0.1) is 0 Å². The first kappa shape index (κ1) is 13.2. The van der Waals surface area contributed by atoms with E-state index in [9.17, 15) is 0 Å². The van der Waals surface area contributed by atoms with Crippen LogP contribution >= 0.6 is 0 Å². The van der Waals surface area contributed by atoms with Gasteiger partial charge in [0.05, 0.1) is 0 Å². The maximum absolute atomic E-state index is 5.48. The van der Waals surface area contributed by atoms with Crippen molar-refractivity contribution in [3.05, 3.63) is 23.8 Å².